The number of nitrogens with zero attached hydrogens (tertiary/aromatic N) is 3. The molecule has 31 heavy (non-hydrogen) atoms. The molecule has 1 N–H and O–H groups in total. The van der Waals surface area contributed by atoms with Gasteiger partial charge >= 0.3 is 0 Å². The van der Waals surface area contributed by atoms with Crippen molar-refractivity contribution in [3.05, 3.63) is 59.2 Å². The predicted octanol–water partition coefficient (Wildman–Crippen LogP) is 3.33. The first-order valence-corrected chi connectivity index (χ1v) is 10.0. The molecule has 0 saturated heterocycles. The number of halogens is 2. The number of benzene rings is 2. The average Bonchev–Trinajstić information content (AvgIpc) is 2.75. The van der Waals surface area contributed by atoms with Crippen molar-refractivity contribution < 1.29 is 18.3 Å². The predicted molar refractivity (Wildman–Crippen MR) is 120 cm³/mol. The van der Waals surface area contributed by atoms with E-state index in [1.165, 1.54) is 18.2 Å². The van der Waals surface area contributed by atoms with Gasteiger partial charge in [0.05, 0.1) is 20.3 Å². The Hall–Kier alpha value is -2.87. The zero-order valence-corrected chi connectivity index (χ0v) is 19.1. The fraction of sp³-hybridized carbons (Fsp3) is 0.435. The van der Waals surface area contributed by atoms with Crippen LogP contribution in [0.1, 0.15) is 17.2 Å². The summed E-state index contributed by atoms with van der Waals surface area (Å²) < 4.78 is 39.2. The fourth-order valence-corrected chi connectivity index (χ4v) is 3.38. The maximum absolute atomic E-state index is 14.3. The molecule has 6 nitrogen and oxygen atoms in total. The molecule has 8 heteroatoms. The number of hydrogen-bond acceptors (Lipinski definition) is 4. The van der Waals surface area contributed by atoms with Gasteiger partial charge in [-0.2, -0.15) is 0 Å². The molecule has 0 radical (unpaired) electrons. The van der Waals surface area contributed by atoms with Crippen LogP contribution in [-0.4, -0.2) is 71.3 Å². The number of nitrogens with one attached hydrogen (secondary N) is 1. The first-order chi connectivity index (χ1) is 14.8. The van der Waals surface area contributed by atoms with E-state index >= 15 is 0 Å². The topological polar surface area (TPSA) is 49.3 Å². The van der Waals surface area contributed by atoms with E-state index < -0.39 is 17.7 Å². The number of aliphatic imine (C=N–C) groups is 1. The highest BCUT2D eigenvalue weighted by atomic mass is 19.1. The second-order valence-electron chi connectivity index (χ2n) is 7.40. The number of guanidine groups is 1. The molecule has 0 aliphatic carbocycles. The van der Waals surface area contributed by atoms with Crippen LogP contribution in [0.4, 0.5) is 8.78 Å². The van der Waals surface area contributed by atoms with Gasteiger partial charge in [-0.15, -0.1) is 0 Å². The summed E-state index contributed by atoms with van der Waals surface area (Å²) in [5.41, 5.74) is 1.14. The minimum absolute atomic E-state index is 0.0448. The van der Waals surface area contributed by atoms with Crippen molar-refractivity contribution in [2.24, 2.45) is 4.99 Å². The highest BCUT2D eigenvalue weighted by Gasteiger charge is 2.23. The second kappa shape index (κ2) is 11.5. The number of likely N-dealkylation sites (N-methyl/N-ethyl adjacent to an activating group) is 2. The van der Waals surface area contributed by atoms with E-state index in [1.54, 1.807) is 40.3 Å². The maximum atomic E-state index is 14.3. The Bertz CT molecular complexity index is 870. The summed E-state index contributed by atoms with van der Waals surface area (Å²) in [6, 6.07) is 9.26. The minimum atomic E-state index is -0.558. The van der Waals surface area contributed by atoms with E-state index in [0.29, 0.717) is 30.5 Å². The lowest BCUT2D eigenvalue weighted by Crippen LogP contribution is -2.43. The highest BCUT2D eigenvalue weighted by Crippen LogP contribution is 2.28. The van der Waals surface area contributed by atoms with Gasteiger partial charge in [0.25, 0.3) is 0 Å². The van der Waals surface area contributed by atoms with Crippen LogP contribution in [0.5, 0.6) is 11.5 Å². The summed E-state index contributed by atoms with van der Waals surface area (Å²) >= 11 is 0. The molecule has 170 valence electrons. The zero-order valence-electron chi connectivity index (χ0n) is 19.1. The van der Waals surface area contributed by atoms with Crippen LogP contribution in [0.2, 0.25) is 0 Å². The molecule has 0 aliphatic rings. The van der Waals surface area contributed by atoms with Gasteiger partial charge in [-0.1, -0.05) is 12.1 Å². The molecule has 0 aromatic heterocycles. The number of hydrogen-bond donors (Lipinski definition) is 1. The molecule has 1 unspecified atom stereocenters. The van der Waals surface area contributed by atoms with E-state index in [2.05, 4.69) is 10.3 Å². The number of methoxy groups -OCH3 is 2. The van der Waals surface area contributed by atoms with Crippen molar-refractivity contribution in [3.63, 3.8) is 0 Å². The van der Waals surface area contributed by atoms with Gasteiger partial charge in [0.15, 0.2) is 17.5 Å². The first-order valence-electron chi connectivity index (χ1n) is 10.0. The molecule has 0 aliphatic heterocycles. The zero-order chi connectivity index (χ0) is 23.0. The van der Waals surface area contributed by atoms with E-state index in [9.17, 15) is 8.78 Å². The Kier molecular flexibility index (Phi) is 9.05. The van der Waals surface area contributed by atoms with Crippen LogP contribution < -0.4 is 14.8 Å². The van der Waals surface area contributed by atoms with E-state index in [0.717, 1.165) is 12.0 Å². The Balaban J connectivity index is 2.03. The van der Waals surface area contributed by atoms with Gasteiger partial charge in [0.2, 0.25) is 0 Å². The molecular formula is C23H32F2N4O2. The van der Waals surface area contributed by atoms with Crippen molar-refractivity contribution >= 4 is 5.96 Å². The molecular weight excluding hydrogens is 402 g/mol. The minimum Gasteiger partial charge on any atom is -0.493 e. The lowest BCUT2D eigenvalue weighted by Gasteiger charge is -2.29. The second-order valence-corrected chi connectivity index (χ2v) is 7.40. The molecule has 0 fully saturated rings. The standard InChI is InChI=1S/C23H32F2N4O2/c1-26-23(27-15-19(28(2)3)22-17(24)8-7-9-18(22)25)29(4)13-12-16-10-11-20(30-5)21(14-16)31-6/h7-11,14,19H,12-13,15H2,1-6H3,(H,26,27). The third-order valence-corrected chi connectivity index (χ3v) is 5.17. The molecule has 2 aromatic rings. The molecule has 0 amide bonds. The van der Waals surface area contributed by atoms with Crippen molar-refractivity contribution in [2.75, 3.05) is 55.5 Å². The van der Waals surface area contributed by atoms with Crippen LogP contribution in [0, 0.1) is 11.6 Å². The van der Waals surface area contributed by atoms with Gasteiger partial charge < -0.3 is 24.6 Å². The molecule has 0 bridgehead atoms. The van der Waals surface area contributed by atoms with Gasteiger partial charge in [-0.3, -0.25) is 4.99 Å². The van der Waals surface area contributed by atoms with Crippen LogP contribution in [0.25, 0.3) is 0 Å². The summed E-state index contributed by atoms with van der Waals surface area (Å²) in [7, 11) is 10.4. The number of ether oxygens (including phenoxy) is 2. The van der Waals surface area contributed by atoms with E-state index in [1.807, 2.05) is 30.1 Å². The van der Waals surface area contributed by atoms with Gasteiger partial charge in [-0.05, 0) is 50.3 Å². The lowest BCUT2D eigenvalue weighted by atomic mass is 10.0. The third-order valence-electron chi connectivity index (χ3n) is 5.17. The molecule has 0 saturated carbocycles. The van der Waals surface area contributed by atoms with Crippen molar-refractivity contribution in [1.82, 2.24) is 15.1 Å². The van der Waals surface area contributed by atoms with Gasteiger partial charge in [0, 0.05) is 32.7 Å². The Labute approximate surface area is 183 Å². The highest BCUT2D eigenvalue weighted by molar-refractivity contribution is 5.79. The third kappa shape index (κ3) is 6.30. The average molecular weight is 435 g/mol. The SMILES string of the molecule is CN=C(NCC(c1c(F)cccc1F)N(C)C)N(C)CCc1ccc(OC)c(OC)c1. The Morgan fingerprint density at radius 2 is 1.68 bits per heavy atom. The summed E-state index contributed by atoms with van der Waals surface area (Å²) in [4.78, 5) is 8.07. The normalized spacial score (nSPS) is 12.6. The van der Waals surface area contributed by atoms with Gasteiger partial charge in [-0.25, -0.2) is 8.78 Å². The molecule has 0 spiro atoms. The smallest absolute Gasteiger partial charge is 0.193 e. The largest absolute Gasteiger partial charge is 0.493 e. The first kappa shape index (κ1) is 24.4. The number of rotatable bonds is 9. The van der Waals surface area contributed by atoms with E-state index in [4.69, 9.17) is 9.47 Å². The van der Waals surface area contributed by atoms with Crippen LogP contribution in [0.15, 0.2) is 41.4 Å². The maximum Gasteiger partial charge on any atom is 0.193 e. The summed E-state index contributed by atoms with van der Waals surface area (Å²) in [6.45, 7) is 0.994. The van der Waals surface area contributed by atoms with Crippen molar-refractivity contribution in [1.29, 1.82) is 0 Å². The molecule has 1 atom stereocenters. The monoisotopic (exact) mass is 434 g/mol. The Morgan fingerprint density at radius 1 is 1.03 bits per heavy atom. The van der Waals surface area contributed by atoms with Gasteiger partial charge in [0.1, 0.15) is 11.6 Å². The van der Waals surface area contributed by atoms with Crippen molar-refractivity contribution in [3.8, 4) is 11.5 Å². The summed E-state index contributed by atoms with van der Waals surface area (Å²) in [6.07, 6.45) is 0.761. The van der Waals surface area contributed by atoms with E-state index in [-0.39, 0.29) is 5.56 Å². The van der Waals surface area contributed by atoms with Crippen LogP contribution in [0.3, 0.4) is 0 Å². The van der Waals surface area contributed by atoms with Crippen LogP contribution >= 0.6 is 0 Å². The lowest BCUT2D eigenvalue weighted by molar-refractivity contribution is 0.280. The summed E-state index contributed by atoms with van der Waals surface area (Å²) in [5, 5.41) is 3.24. The molecule has 2 aromatic carbocycles. The molecule has 2 rings (SSSR count). The fourth-order valence-electron chi connectivity index (χ4n) is 3.38. The molecule has 0 heterocycles. The quantitative estimate of drug-likeness (QED) is 0.485. The Morgan fingerprint density at radius 3 is 2.23 bits per heavy atom. The van der Waals surface area contributed by atoms with Crippen LogP contribution in [-0.2, 0) is 6.42 Å². The van der Waals surface area contributed by atoms with Crippen molar-refractivity contribution in [2.45, 2.75) is 12.5 Å². The summed E-state index contributed by atoms with van der Waals surface area (Å²) in [5.74, 6) is 0.900.